The molecule has 0 unspecified atom stereocenters. The molecule has 0 aliphatic heterocycles. The van der Waals surface area contributed by atoms with Gasteiger partial charge in [-0.25, -0.2) is 0 Å². The minimum atomic E-state index is -0.785. The van der Waals surface area contributed by atoms with E-state index in [0.717, 1.165) is 12.0 Å². The van der Waals surface area contributed by atoms with Gasteiger partial charge < -0.3 is 10.8 Å². The number of carboxylic acid groups (broad SMARTS) is 1. The lowest BCUT2D eigenvalue weighted by Gasteiger charge is -2.27. The molecule has 4 heteroatoms. The average molecular weight is 228 g/mol. The maximum Gasteiger partial charge on any atom is 0.308 e. The molecule has 0 radical (unpaired) electrons. The number of hydrogen-bond acceptors (Lipinski definition) is 2. The third kappa shape index (κ3) is 2.13. The molecule has 0 bridgehead atoms. The van der Waals surface area contributed by atoms with E-state index in [1.807, 2.05) is 24.3 Å². The van der Waals surface area contributed by atoms with Crippen molar-refractivity contribution in [3.8, 4) is 0 Å². The van der Waals surface area contributed by atoms with Crippen molar-refractivity contribution < 1.29 is 9.90 Å². The molecule has 3 N–H and O–H groups in total. The fourth-order valence-electron chi connectivity index (χ4n) is 2.07. The SMILES string of the molecule is Cl.N[C@@H]1c2ccccc2CC[C@@H]1C(=O)O. The summed E-state index contributed by atoms with van der Waals surface area (Å²) in [7, 11) is 0. The van der Waals surface area contributed by atoms with E-state index in [-0.39, 0.29) is 18.4 Å². The van der Waals surface area contributed by atoms with E-state index in [2.05, 4.69) is 0 Å². The summed E-state index contributed by atoms with van der Waals surface area (Å²) in [6.45, 7) is 0. The van der Waals surface area contributed by atoms with Gasteiger partial charge in [-0.1, -0.05) is 24.3 Å². The van der Waals surface area contributed by atoms with Crippen molar-refractivity contribution in [2.24, 2.45) is 11.7 Å². The Bertz CT molecular complexity index is 367. The molecule has 0 heterocycles. The van der Waals surface area contributed by atoms with E-state index < -0.39 is 11.9 Å². The Hall–Kier alpha value is -1.06. The van der Waals surface area contributed by atoms with Crippen LogP contribution in [0.1, 0.15) is 23.6 Å². The number of carbonyl (C=O) groups is 1. The quantitative estimate of drug-likeness (QED) is 0.769. The van der Waals surface area contributed by atoms with Crippen LogP contribution in [0.4, 0.5) is 0 Å². The predicted octanol–water partition coefficient (Wildman–Crippen LogP) is 1.76. The molecule has 2 atom stereocenters. The Kier molecular flexibility index (Phi) is 3.72. The lowest BCUT2D eigenvalue weighted by atomic mass is 9.80. The molecule has 0 saturated heterocycles. The lowest BCUT2D eigenvalue weighted by Crippen LogP contribution is -2.32. The highest BCUT2D eigenvalue weighted by atomic mass is 35.5. The zero-order chi connectivity index (χ0) is 10.1. The normalized spacial score (nSPS) is 23.8. The van der Waals surface area contributed by atoms with Crippen LogP contribution >= 0.6 is 12.4 Å². The summed E-state index contributed by atoms with van der Waals surface area (Å²) in [4.78, 5) is 10.9. The Morgan fingerprint density at radius 1 is 1.40 bits per heavy atom. The molecular weight excluding hydrogens is 214 g/mol. The number of benzene rings is 1. The highest BCUT2D eigenvalue weighted by Crippen LogP contribution is 2.32. The highest BCUT2D eigenvalue weighted by Gasteiger charge is 2.31. The summed E-state index contributed by atoms with van der Waals surface area (Å²) in [5, 5.41) is 8.95. The van der Waals surface area contributed by atoms with E-state index in [4.69, 9.17) is 10.8 Å². The van der Waals surface area contributed by atoms with Gasteiger partial charge >= 0.3 is 5.97 Å². The topological polar surface area (TPSA) is 63.3 Å². The van der Waals surface area contributed by atoms with Gasteiger partial charge in [0.1, 0.15) is 0 Å². The number of aliphatic carboxylic acids is 1. The Morgan fingerprint density at radius 2 is 2.07 bits per heavy atom. The summed E-state index contributed by atoms with van der Waals surface area (Å²) >= 11 is 0. The van der Waals surface area contributed by atoms with Crippen molar-refractivity contribution >= 4 is 18.4 Å². The molecular formula is C11H14ClNO2. The van der Waals surface area contributed by atoms with Gasteiger partial charge in [0.2, 0.25) is 0 Å². The number of fused-ring (bicyclic) bond motifs is 1. The van der Waals surface area contributed by atoms with E-state index in [0.29, 0.717) is 6.42 Å². The Labute approximate surface area is 94.7 Å². The Morgan fingerprint density at radius 3 is 2.73 bits per heavy atom. The van der Waals surface area contributed by atoms with E-state index >= 15 is 0 Å². The summed E-state index contributed by atoms with van der Waals surface area (Å²) in [6, 6.07) is 7.47. The van der Waals surface area contributed by atoms with Crippen LogP contribution < -0.4 is 5.73 Å². The minimum absolute atomic E-state index is 0. The minimum Gasteiger partial charge on any atom is -0.481 e. The second-order valence-electron chi connectivity index (χ2n) is 3.71. The smallest absolute Gasteiger partial charge is 0.308 e. The van der Waals surface area contributed by atoms with Crippen molar-refractivity contribution in [1.29, 1.82) is 0 Å². The fraction of sp³-hybridized carbons (Fsp3) is 0.364. The largest absolute Gasteiger partial charge is 0.481 e. The lowest BCUT2D eigenvalue weighted by molar-refractivity contribution is -0.143. The molecule has 1 aliphatic carbocycles. The van der Waals surface area contributed by atoms with Gasteiger partial charge in [0, 0.05) is 6.04 Å². The molecule has 2 rings (SSSR count). The van der Waals surface area contributed by atoms with Gasteiger partial charge in [-0.05, 0) is 24.0 Å². The summed E-state index contributed by atoms with van der Waals surface area (Å²) < 4.78 is 0. The number of carboxylic acids is 1. The van der Waals surface area contributed by atoms with Crippen LogP contribution in [0.15, 0.2) is 24.3 Å². The van der Waals surface area contributed by atoms with E-state index in [1.54, 1.807) is 0 Å². The van der Waals surface area contributed by atoms with E-state index in [9.17, 15) is 4.79 Å². The molecule has 0 saturated carbocycles. The highest BCUT2D eigenvalue weighted by molar-refractivity contribution is 5.85. The molecule has 0 amide bonds. The number of rotatable bonds is 1. The van der Waals surface area contributed by atoms with Gasteiger partial charge in [-0.2, -0.15) is 0 Å². The van der Waals surface area contributed by atoms with Crippen LogP contribution in [0.3, 0.4) is 0 Å². The third-order valence-corrected chi connectivity index (χ3v) is 2.89. The first-order valence-electron chi connectivity index (χ1n) is 4.76. The molecule has 1 aromatic carbocycles. The standard InChI is InChI=1S/C11H13NO2.ClH/c12-10-8-4-2-1-3-7(8)5-6-9(10)11(13)14;/h1-4,9-10H,5-6,12H2,(H,13,14);1H/t9-,10+;/m0./s1. The first-order chi connectivity index (χ1) is 6.70. The predicted molar refractivity (Wildman–Crippen MR) is 60.1 cm³/mol. The third-order valence-electron chi connectivity index (χ3n) is 2.89. The summed E-state index contributed by atoms with van der Waals surface area (Å²) in [5.74, 6) is -1.21. The summed E-state index contributed by atoms with van der Waals surface area (Å²) in [6.07, 6.45) is 1.47. The zero-order valence-corrected chi connectivity index (χ0v) is 9.04. The maximum absolute atomic E-state index is 10.9. The van der Waals surface area contributed by atoms with Crippen molar-refractivity contribution in [3.63, 3.8) is 0 Å². The maximum atomic E-state index is 10.9. The van der Waals surface area contributed by atoms with Gasteiger partial charge in [-0.15, -0.1) is 12.4 Å². The van der Waals surface area contributed by atoms with Crippen LogP contribution in [0.2, 0.25) is 0 Å². The number of hydrogen-bond donors (Lipinski definition) is 2. The molecule has 0 spiro atoms. The molecule has 1 aliphatic rings. The van der Waals surface area contributed by atoms with Crippen LogP contribution in [-0.2, 0) is 11.2 Å². The fourth-order valence-corrected chi connectivity index (χ4v) is 2.07. The van der Waals surface area contributed by atoms with Crippen LogP contribution in [-0.4, -0.2) is 11.1 Å². The molecule has 82 valence electrons. The number of aryl methyl sites for hydroxylation is 1. The molecule has 3 nitrogen and oxygen atoms in total. The van der Waals surface area contributed by atoms with Crippen LogP contribution in [0.5, 0.6) is 0 Å². The summed E-state index contributed by atoms with van der Waals surface area (Å²) in [5.41, 5.74) is 8.09. The Balaban J connectivity index is 0.00000112. The van der Waals surface area contributed by atoms with Crippen molar-refractivity contribution in [1.82, 2.24) is 0 Å². The monoisotopic (exact) mass is 227 g/mol. The van der Waals surface area contributed by atoms with Crippen LogP contribution in [0.25, 0.3) is 0 Å². The van der Waals surface area contributed by atoms with Gasteiger partial charge in [0.05, 0.1) is 5.92 Å². The first kappa shape index (κ1) is 12.0. The molecule has 0 fully saturated rings. The van der Waals surface area contributed by atoms with Crippen LogP contribution in [0, 0.1) is 5.92 Å². The van der Waals surface area contributed by atoms with Crippen molar-refractivity contribution in [3.05, 3.63) is 35.4 Å². The van der Waals surface area contributed by atoms with Gasteiger partial charge in [0.15, 0.2) is 0 Å². The first-order valence-corrected chi connectivity index (χ1v) is 4.76. The number of nitrogens with two attached hydrogens (primary N) is 1. The van der Waals surface area contributed by atoms with Gasteiger partial charge in [0.25, 0.3) is 0 Å². The van der Waals surface area contributed by atoms with E-state index in [1.165, 1.54) is 5.56 Å². The van der Waals surface area contributed by atoms with Crippen molar-refractivity contribution in [2.45, 2.75) is 18.9 Å². The number of halogens is 1. The average Bonchev–Trinajstić information content (AvgIpc) is 2.18. The molecule has 15 heavy (non-hydrogen) atoms. The second kappa shape index (κ2) is 4.64. The second-order valence-corrected chi connectivity index (χ2v) is 3.71. The molecule has 1 aromatic rings. The van der Waals surface area contributed by atoms with Gasteiger partial charge in [-0.3, -0.25) is 4.79 Å². The zero-order valence-electron chi connectivity index (χ0n) is 8.22. The molecule has 0 aromatic heterocycles. The van der Waals surface area contributed by atoms with Crippen molar-refractivity contribution in [2.75, 3.05) is 0 Å².